The molecule has 0 atom stereocenters. The monoisotopic (exact) mass is 347 g/mol. The Balaban J connectivity index is 2.09. The molecule has 0 fully saturated rings. The van der Waals surface area contributed by atoms with Crippen LogP contribution < -0.4 is 11.3 Å². The zero-order chi connectivity index (χ0) is 15.0. The quantitative estimate of drug-likeness (QED) is 0.434. The van der Waals surface area contributed by atoms with Crippen molar-refractivity contribution in [1.29, 1.82) is 0 Å². The van der Waals surface area contributed by atoms with Crippen molar-refractivity contribution in [2.45, 2.75) is 13.5 Å². The van der Waals surface area contributed by atoms with E-state index in [0.717, 1.165) is 21.1 Å². The average Bonchev–Trinajstić information content (AvgIpc) is 3.06. The van der Waals surface area contributed by atoms with E-state index in [1.54, 1.807) is 6.07 Å². The third kappa shape index (κ3) is 2.26. The summed E-state index contributed by atoms with van der Waals surface area (Å²) in [6, 6.07) is 9.70. The normalized spacial score (nSPS) is 11.0. The summed E-state index contributed by atoms with van der Waals surface area (Å²) in [6.45, 7) is 2.49. The van der Waals surface area contributed by atoms with Crippen LogP contribution in [0.4, 0.5) is 0 Å². The van der Waals surface area contributed by atoms with Crippen LogP contribution >= 0.6 is 15.9 Å². The van der Waals surface area contributed by atoms with Gasteiger partial charge in [0, 0.05) is 21.1 Å². The smallest absolute Gasteiger partial charge is 0.268 e. The number of nitrogens with two attached hydrogens (primary N) is 1. The Labute approximate surface area is 129 Å². The molecule has 21 heavy (non-hydrogen) atoms. The van der Waals surface area contributed by atoms with Crippen molar-refractivity contribution in [1.82, 2.24) is 9.99 Å². The van der Waals surface area contributed by atoms with E-state index in [9.17, 15) is 4.79 Å². The molecule has 0 aliphatic carbocycles. The molecule has 3 rings (SSSR count). The summed E-state index contributed by atoms with van der Waals surface area (Å²) in [5.74, 6) is 5.42. The Morgan fingerprint density at radius 3 is 2.90 bits per heavy atom. The molecule has 1 aromatic carbocycles. The summed E-state index contributed by atoms with van der Waals surface area (Å²) in [4.78, 5) is 11.7. The maximum Gasteiger partial charge on any atom is 0.268 e. The lowest BCUT2D eigenvalue weighted by Gasteiger charge is -2.08. The van der Waals surface area contributed by atoms with Gasteiger partial charge >= 0.3 is 0 Å². The van der Waals surface area contributed by atoms with Crippen LogP contribution in [0.1, 0.15) is 21.8 Å². The number of benzene rings is 1. The molecule has 0 aliphatic heterocycles. The topological polar surface area (TPSA) is 73.2 Å². The van der Waals surface area contributed by atoms with Crippen molar-refractivity contribution < 1.29 is 9.21 Å². The number of rotatable bonds is 3. The van der Waals surface area contributed by atoms with Gasteiger partial charge in [0.15, 0.2) is 0 Å². The van der Waals surface area contributed by atoms with Gasteiger partial charge in [-0.05, 0) is 35.0 Å². The van der Waals surface area contributed by atoms with Crippen molar-refractivity contribution in [2.24, 2.45) is 5.84 Å². The van der Waals surface area contributed by atoms with E-state index in [1.165, 1.54) is 6.26 Å². The van der Waals surface area contributed by atoms with Crippen LogP contribution in [-0.2, 0) is 6.54 Å². The number of halogens is 1. The summed E-state index contributed by atoms with van der Waals surface area (Å²) in [6.07, 6.45) is 1.50. The van der Waals surface area contributed by atoms with Crippen molar-refractivity contribution in [2.75, 3.05) is 0 Å². The number of fused-ring (bicyclic) bond motifs is 1. The number of para-hydroxylation sites is 1. The number of furan rings is 1. The first-order chi connectivity index (χ1) is 10.1. The molecule has 2 heterocycles. The second-order valence-electron chi connectivity index (χ2n) is 4.73. The van der Waals surface area contributed by atoms with Gasteiger partial charge in [0.1, 0.15) is 5.76 Å². The number of hydrogen-bond donors (Lipinski definition) is 2. The maximum atomic E-state index is 11.7. The number of hydrogen-bond acceptors (Lipinski definition) is 3. The Hall–Kier alpha value is -2.05. The Morgan fingerprint density at radius 1 is 1.38 bits per heavy atom. The molecule has 3 N–H and O–H groups in total. The predicted molar refractivity (Wildman–Crippen MR) is 83.8 cm³/mol. The fourth-order valence-corrected chi connectivity index (χ4v) is 3.03. The van der Waals surface area contributed by atoms with Crippen LogP contribution in [0.15, 0.2) is 45.5 Å². The lowest BCUT2D eigenvalue weighted by atomic mass is 10.2. The highest BCUT2D eigenvalue weighted by molar-refractivity contribution is 9.10. The first-order valence-corrected chi connectivity index (χ1v) is 7.23. The van der Waals surface area contributed by atoms with Gasteiger partial charge in [-0.1, -0.05) is 18.2 Å². The van der Waals surface area contributed by atoms with E-state index in [2.05, 4.69) is 32.0 Å². The number of carbonyl (C=O) groups excluding carboxylic acids is 1. The van der Waals surface area contributed by atoms with Crippen molar-refractivity contribution >= 4 is 32.7 Å². The largest absolute Gasteiger partial charge is 0.467 e. The minimum absolute atomic E-state index is 0.355. The highest BCUT2D eigenvalue weighted by Crippen LogP contribution is 2.31. The molecule has 2 aromatic heterocycles. The molecule has 0 radical (unpaired) electrons. The van der Waals surface area contributed by atoms with E-state index in [0.29, 0.717) is 17.9 Å². The van der Waals surface area contributed by atoms with Crippen molar-refractivity contribution in [3.8, 4) is 0 Å². The van der Waals surface area contributed by atoms with E-state index >= 15 is 0 Å². The number of nitrogens with one attached hydrogen (secondary N) is 1. The van der Waals surface area contributed by atoms with E-state index in [-0.39, 0.29) is 5.91 Å². The molecular weight excluding hydrogens is 334 g/mol. The van der Waals surface area contributed by atoms with Crippen LogP contribution in [0.3, 0.4) is 0 Å². The fourth-order valence-electron chi connectivity index (χ4n) is 2.48. The van der Waals surface area contributed by atoms with Crippen LogP contribution in [0.5, 0.6) is 0 Å². The molecule has 0 saturated carbocycles. The summed E-state index contributed by atoms with van der Waals surface area (Å²) in [7, 11) is 0. The minimum atomic E-state index is -0.355. The SMILES string of the molecule is Cc1c(Br)c2ccccc2n1Cc1occc1C(=O)NN. The summed E-state index contributed by atoms with van der Waals surface area (Å²) < 4.78 is 8.61. The molecule has 1 amide bonds. The lowest BCUT2D eigenvalue weighted by Crippen LogP contribution is -2.30. The molecule has 3 aromatic rings. The maximum absolute atomic E-state index is 11.7. The lowest BCUT2D eigenvalue weighted by molar-refractivity contribution is 0.0951. The molecule has 0 spiro atoms. The van der Waals surface area contributed by atoms with E-state index in [1.807, 2.05) is 25.1 Å². The molecule has 0 bridgehead atoms. The predicted octanol–water partition coefficient (Wildman–Crippen LogP) is 2.96. The van der Waals surface area contributed by atoms with Crippen LogP contribution in [0.25, 0.3) is 10.9 Å². The van der Waals surface area contributed by atoms with Gasteiger partial charge in [0.25, 0.3) is 5.91 Å². The third-order valence-corrected chi connectivity index (χ3v) is 4.58. The van der Waals surface area contributed by atoms with Crippen molar-refractivity contribution in [3.05, 3.63) is 58.1 Å². The number of nitrogens with zero attached hydrogens (tertiary/aromatic N) is 1. The van der Waals surface area contributed by atoms with Crippen molar-refractivity contribution in [3.63, 3.8) is 0 Å². The summed E-state index contributed by atoms with van der Waals surface area (Å²) >= 11 is 3.62. The van der Waals surface area contributed by atoms with Gasteiger partial charge in [0.2, 0.25) is 0 Å². The van der Waals surface area contributed by atoms with Gasteiger partial charge < -0.3 is 8.98 Å². The fraction of sp³-hybridized carbons (Fsp3) is 0.133. The van der Waals surface area contributed by atoms with Gasteiger partial charge in [0.05, 0.1) is 18.4 Å². The van der Waals surface area contributed by atoms with Crippen LogP contribution in [-0.4, -0.2) is 10.5 Å². The molecule has 5 nitrogen and oxygen atoms in total. The number of carbonyl (C=O) groups is 1. The van der Waals surface area contributed by atoms with Crippen LogP contribution in [0.2, 0.25) is 0 Å². The first-order valence-electron chi connectivity index (χ1n) is 6.44. The molecule has 0 aliphatic rings. The third-order valence-electron chi connectivity index (χ3n) is 3.58. The molecular formula is C15H14BrN3O2. The van der Waals surface area contributed by atoms with Gasteiger partial charge in [-0.15, -0.1) is 0 Å². The highest BCUT2D eigenvalue weighted by atomic mass is 79.9. The summed E-state index contributed by atoms with van der Waals surface area (Å²) in [5.41, 5.74) is 4.74. The summed E-state index contributed by atoms with van der Waals surface area (Å²) in [5, 5.41) is 1.13. The van der Waals surface area contributed by atoms with E-state index < -0.39 is 0 Å². The average molecular weight is 348 g/mol. The second kappa shape index (κ2) is 5.38. The number of hydrazine groups is 1. The minimum Gasteiger partial charge on any atom is -0.467 e. The Morgan fingerprint density at radius 2 is 2.14 bits per heavy atom. The number of nitrogen functional groups attached to an aromatic ring is 1. The molecule has 0 saturated heterocycles. The van der Waals surface area contributed by atoms with Gasteiger partial charge in [-0.25, -0.2) is 5.84 Å². The molecule has 6 heteroatoms. The van der Waals surface area contributed by atoms with Gasteiger partial charge in [-0.3, -0.25) is 10.2 Å². The first kappa shape index (κ1) is 13.9. The number of aromatic nitrogens is 1. The highest BCUT2D eigenvalue weighted by Gasteiger charge is 2.17. The molecule has 108 valence electrons. The second-order valence-corrected chi connectivity index (χ2v) is 5.53. The Bertz CT molecular complexity index is 820. The van der Waals surface area contributed by atoms with Crippen LogP contribution in [0, 0.1) is 6.92 Å². The zero-order valence-electron chi connectivity index (χ0n) is 11.4. The standard InChI is InChI=1S/C15H14BrN3O2/c1-9-14(16)10-4-2-3-5-12(10)19(9)8-13-11(6-7-21-13)15(20)18-17/h2-7H,8,17H2,1H3,(H,18,20). The Kier molecular flexibility index (Phi) is 3.57. The molecule has 0 unspecified atom stereocenters. The zero-order valence-corrected chi connectivity index (χ0v) is 13.0. The number of amides is 1. The van der Waals surface area contributed by atoms with E-state index in [4.69, 9.17) is 10.3 Å². The van der Waals surface area contributed by atoms with Gasteiger partial charge in [-0.2, -0.15) is 0 Å².